The number of aliphatic imine (C=N–C) groups is 1. The van der Waals surface area contributed by atoms with Gasteiger partial charge in [0.25, 0.3) is 0 Å². The number of aromatic nitrogens is 1. The fraction of sp³-hybridized carbons (Fsp3) is 0.158. The molecule has 6 rings (SSSR count). The van der Waals surface area contributed by atoms with Gasteiger partial charge in [0, 0.05) is 17.3 Å². The molecule has 0 fully saturated rings. The van der Waals surface area contributed by atoms with E-state index in [0.29, 0.717) is 0 Å². The minimum Gasteiger partial charge on any atom is -0.256 e. The molecule has 2 nitrogen and oxygen atoms in total. The van der Waals surface area contributed by atoms with Crippen LogP contribution in [0.2, 0.25) is 0 Å². The SMILES string of the molecule is Cc1cc(C)cc(-c2cccc(-c3cccc4sc(-c5ccccc5N=Cc5cccc(C(C)(C)C)c5)nc34)c2)c1. The number of fused-ring (bicyclic) bond motifs is 1. The number of nitrogens with zero attached hydrogens (tertiary/aromatic N) is 2. The Morgan fingerprint density at radius 3 is 2.17 bits per heavy atom. The van der Waals surface area contributed by atoms with Crippen molar-refractivity contribution < 1.29 is 0 Å². The maximum Gasteiger partial charge on any atom is 0.126 e. The molecule has 0 N–H and O–H groups in total. The topological polar surface area (TPSA) is 25.2 Å². The number of para-hydroxylation sites is 2. The molecule has 202 valence electrons. The second-order valence-corrected chi connectivity index (χ2v) is 12.8. The van der Waals surface area contributed by atoms with Crippen molar-refractivity contribution in [2.75, 3.05) is 0 Å². The van der Waals surface area contributed by atoms with Crippen LogP contribution in [0, 0.1) is 13.8 Å². The Bertz CT molecular complexity index is 1880. The highest BCUT2D eigenvalue weighted by atomic mass is 32.1. The van der Waals surface area contributed by atoms with Gasteiger partial charge in [-0.25, -0.2) is 4.98 Å². The minimum atomic E-state index is 0.0962. The summed E-state index contributed by atoms with van der Waals surface area (Å²) in [6.45, 7) is 11.0. The van der Waals surface area contributed by atoms with Crippen LogP contribution in [0.1, 0.15) is 43.0 Å². The van der Waals surface area contributed by atoms with Crippen molar-refractivity contribution in [2.24, 2.45) is 4.99 Å². The highest BCUT2D eigenvalue weighted by molar-refractivity contribution is 7.21. The molecule has 3 heteroatoms. The van der Waals surface area contributed by atoms with Gasteiger partial charge in [-0.3, -0.25) is 4.99 Å². The summed E-state index contributed by atoms with van der Waals surface area (Å²) in [5.41, 5.74) is 12.8. The van der Waals surface area contributed by atoms with Crippen LogP contribution in [0.15, 0.2) is 114 Å². The lowest BCUT2D eigenvalue weighted by atomic mass is 9.86. The molecular weight excluding hydrogens is 516 g/mol. The van der Waals surface area contributed by atoms with Gasteiger partial charge in [0.1, 0.15) is 5.01 Å². The Morgan fingerprint density at radius 2 is 1.37 bits per heavy atom. The van der Waals surface area contributed by atoms with Crippen LogP contribution < -0.4 is 0 Å². The highest BCUT2D eigenvalue weighted by Crippen LogP contribution is 2.39. The molecule has 0 aliphatic rings. The summed E-state index contributed by atoms with van der Waals surface area (Å²) in [5.74, 6) is 0. The number of aryl methyl sites for hydroxylation is 2. The fourth-order valence-electron chi connectivity index (χ4n) is 5.30. The van der Waals surface area contributed by atoms with Gasteiger partial charge in [0.05, 0.1) is 15.9 Å². The Labute approximate surface area is 247 Å². The monoisotopic (exact) mass is 550 g/mol. The lowest BCUT2D eigenvalue weighted by Gasteiger charge is -2.19. The molecule has 0 bridgehead atoms. The summed E-state index contributed by atoms with van der Waals surface area (Å²) in [5, 5.41) is 0.981. The summed E-state index contributed by atoms with van der Waals surface area (Å²) in [4.78, 5) is 10.1. The van der Waals surface area contributed by atoms with Crippen LogP contribution in [0.25, 0.3) is 43.0 Å². The first kappa shape index (κ1) is 26.9. The maximum absolute atomic E-state index is 5.20. The zero-order valence-corrected chi connectivity index (χ0v) is 25.1. The van der Waals surface area contributed by atoms with Gasteiger partial charge in [-0.05, 0) is 77.4 Å². The number of hydrogen-bond donors (Lipinski definition) is 0. The van der Waals surface area contributed by atoms with Gasteiger partial charge < -0.3 is 0 Å². The van der Waals surface area contributed by atoms with E-state index in [2.05, 4.69) is 138 Å². The van der Waals surface area contributed by atoms with Crippen LogP contribution in [-0.4, -0.2) is 11.2 Å². The van der Waals surface area contributed by atoms with Crippen molar-refractivity contribution in [1.29, 1.82) is 0 Å². The van der Waals surface area contributed by atoms with Crippen LogP contribution in [-0.2, 0) is 5.41 Å². The molecule has 5 aromatic carbocycles. The van der Waals surface area contributed by atoms with Crippen molar-refractivity contribution in [3.8, 4) is 32.8 Å². The van der Waals surface area contributed by atoms with Gasteiger partial charge in [-0.1, -0.05) is 111 Å². The maximum atomic E-state index is 5.20. The average Bonchev–Trinajstić information content (AvgIpc) is 3.40. The number of benzene rings is 5. The third-order valence-electron chi connectivity index (χ3n) is 7.39. The zero-order valence-electron chi connectivity index (χ0n) is 24.3. The van der Waals surface area contributed by atoms with Gasteiger partial charge in [0.2, 0.25) is 0 Å². The van der Waals surface area contributed by atoms with E-state index in [1.54, 1.807) is 11.3 Å². The summed E-state index contributed by atoms with van der Waals surface area (Å²) in [7, 11) is 0. The van der Waals surface area contributed by atoms with Crippen molar-refractivity contribution in [3.05, 3.63) is 131 Å². The molecule has 0 radical (unpaired) electrons. The van der Waals surface area contributed by atoms with Crippen molar-refractivity contribution in [2.45, 2.75) is 40.0 Å². The van der Waals surface area contributed by atoms with E-state index in [1.165, 1.54) is 38.1 Å². The lowest BCUT2D eigenvalue weighted by Crippen LogP contribution is -2.11. The smallest absolute Gasteiger partial charge is 0.126 e. The Kier molecular flexibility index (Phi) is 7.15. The standard InChI is InChI=1S/C38H34N2S/c1-25-19-26(2)21-30(20-25)28-12-9-13-29(23-28)32-16-10-18-35-36(32)40-37(41-35)33-15-6-7-17-34(33)39-24-27-11-8-14-31(22-27)38(3,4)5/h6-24H,1-5H3. The third-order valence-corrected chi connectivity index (χ3v) is 8.44. The van der Waals surface area contributed by atoms with Crippen molar-refractivity contribution >= 4 is 33.5 Å². The van der Waals surface area contributed by atoms with Gasteiger partial charge in [-0.2, -0.15) is 0 Å². The molecule has 0 saturated carbocycles. The first-order chi connectivity index (χ1) is 19.7. The molecule has 0 atom stereocenters. The van der Waals surface area contributed by atoms with E-state index >= 15 is 0 Å². The Morgan fingerprint density at radius 1 is 0.659 bits per heavy atom. The fourth-order valence-corrected chi connectivity index (χ4v) is 6.33. The van der Waals surface area contributed by atoms with Crippen LogP contribution >= 0.6 is 11.3 Å². The van der Waals surface area contributed by atoms with Crippen molar-refractivity contribution in [1.82, 2.24) is 4.98 Å². The van der Waals surface area contributed by atoms with Crippen LogP contribution in [0.3, 0.4) is 0 Å². The third kappa shape index (κ3) is 5.77. The predicted molar refractivity (Wildman–Crippen MR) is 178 cm³/mol. The first-order valence-electron chi connectivity index (χ1n) is 14.1. The average molecular weight is 551 g/mol. The summed E-state index contributed by atoms with van der Waals surface area (Å²) in [6.07, 6.45) is 1.96. The summed E-state index contributed by atoms with van der Waals surface area (Å²) >= 11 is 1.72. The number of rotatable bonds is 5. The van der Waals surface area contributed by atoms with E-state index in [9.17, 15) is 0 Å². The van der Waals surface area contributed by atoms with Crippen LogP contribution in [0.4, 0.5) is 5.69 Å². The second-order valence-electron chi connectivity index (χ2n) is 11.8. The molecule has 6 aromatic rings. The van der Waals surface area contributed by atoms with Crippen LogP contribution in [0.5, 0.6) is 0 Å². The molecule has 0 spiro atoms. The summed E-state index contributed by atoms with van der Waals surface area (Å²) in [6, 6.07) is 38.9. The number of hydrogen-bond acceptors (Lipinski definition) is 3. The molecule has 0 amide bonds. The minimum absolute atomic E-state index is 0.0962. The van der Waals surface area contributed by atoms with Gasteiger partial charge >= 0.3 is 0 Å². The number of thiazole rings is 1. The van der Waals surface area contributed by atoms with E-state index in [1.807, 2.05) is 12.3 Å². The molecule has 0 saturated heterocycles. The quantitative estimate of drug-likeness (QED) is 0.196. The largest absolute Gasteiger partial charge is 0.256 e. The van der Waals surface area contributed by atoms with E-state index in [0.717, 1.165) is 32.9 Å². The zero-order chi connectivity index (χ0) is 28.6. The van der Waals surface area contributed by atoms with E-state index in [-0.39, 0.29) is 5.41 Å². The molecule has 0 aliphatic heterocycles. The molecule has 0 unspecified atom stereocenters. The molecule has 1 heterocycles. The molecule has 41 heavy (non-hydrogen) atoms. The van der Waals surface area contributed by atoms with E-state index in [4.69, 9.17) is 9.98 Å². The Balaban J connectivity index is 1.38. The van der Waals surface area contributed by atoms with Gasteiger partial charge in [0.15, 0.2) is 0 Å². The summed E-state index contributed by atoms with van der Waals surface area (Å²) < 4.78 is 1.17. The predicted octanol–water partition coefficient (Wildman–Crippen LogP) is 11.0. The molecule has 0 aliphatic carbocycles. The molecule has 1 aromatic heterocycles. The lowest BCUT2D eigenvalue weighted by molar-refractivity contribution is 0.590. The van der Waals surface area contributed by atoms with Gasteiger partial charge in [-0.15, -0.1) is 11.3 Å². The van der Waals surface area contributed by atoms with E-state index < -0.39 is 0 Å². The second kappa shape index (κ2) is 10.9. The highest BCUT2D eigenvalue weighted by Gasteiger charge is 2.15. The first-order valence-corrected chi connectivity index (χ1v) is 14.9. The van der Waals surface area contributed by atoms with Crippen molar-refractivity contribution in [3.63, 3.8) is 0 Å². The normalized spacial score (nSPS) is 11.9. The Hall–Kier alpha value is -4.34. The molecular formula is C38H34N2S.